The lowest BCUT2D eigenvalue weighted by Gasteiger charge is -2.31. The number of carbonyl (C=O) groups excluding carboxylic acids is 2. The van der Waals surface area contributed by atoms with E-state index >= 15 is 0 Å². The maximum Gasteiger partial charge on any atom is 0.243 e. The summed E-state index contributed by atoms with van der Waals surface area (Å²) in [5.41, 5.74) is 3.20. The fourth-order valence-corrected chi connectivity index (χ4v) is 4.54. The van der Waals surface area contributed by atoms with Gasteiger partial charge in [0.2, 0.25) is 11.8 Å². The number of hydrogen-bond acceptors (Lipinski definition) is 2. The van der Waals surface area contributed by atoms with E-state index < -0.39 is 6.04 Å². The average Bonchev–Trinajstić information content (AvgIpc) is 3.32. The predicted molar refractivity (Wildman–Crippen MR) is 130 cm³/mol. The predicted octanol–water partition coefficient (Wildman–Crippen LogP) is 5.75. The van der Waals surface area contributed by atoms with Crippen molar-refractivity contribution >= 4 is 11.8 Å². The third-order valence-corrected chi connectivity index (χ3v) is 6.63. The molecule has 1 atom stereocenters. The highest BCUT2D eigenvalue weighted by Gasteiger charge is 2.30. The summed E-state index contributed by atoms with van der Waals surface area (Å²) in [6.07, 6.45) is 5.76. The first-order chi connectivity index (χ1) is 15.9. The van der Waals surface area contributed by atoms with E-state index in [0.717, 1.165) is 36.8 Å². The molecule has 0 unspecified atom stereocenters. The molecule has 2 aromatic rings. The Kier molecular flexibility index (Phi) is 9.04. The zero-order valence-electron chi connectivity index (χ0n) is 20.1. The Morgan fingerprint density at radius 1 is 1.00 bits per heavy atom. The molecule has 0 heterocycles. The van der Waals surface area contributed by atoms with Crippen LogP contribution in [-0.4, -0.2) is 28.8 Å². The molecule has 0 radical (unpaired) electrons. The van der Waals surface area contributed by atoms with Gasteiger partial charge in [-0.25, -0.2) is 4.39 Å². The Morgan fingerprint density at radius 2 is 1.61 bits per heavy atom. The highest BCUT2D eigenvalue weighted by atomic mass is 19.1. The van der Waals surface area contributed by atoms with Crippen molar-refractivity contribution in [1.29, 1.82) is 0 Å². The summed E-state index contributed by atoms with van der Waals surface area (Å²) in [6, 6.07) is 14.2. The number of benzene rings is 2. The molecular weight excluding hydrogens is 415 g/mol. The Bertz CT molecular complexity index is 902. The molecule has 0 bridgehead atoms. The minimum atomic E-state index is -0.536. The van der Waals surface area contributed by atoms with Crippen LogP contribution in [0.4, 0.5) is 4.39 Å². The Hall–Kier alpha value is -2.69. The number of nitrogens with zero attached hydrogens (tertiary/aromatic N) is 1. The molecule has 178 valence electrons. The minimum Gasteiger partial charge on any atom is -0.352 e. The van der Waals surface area contributed by atoms with Gasteiger partial charge < -0.3 is 10.2 Å². The standard InChI is InChI=1S/C28H37FN2O2/c1-4-26(28(33)30-25-7-5-6-8-25)31(19-22-11-16-24(29)17-12-22)27(32)18-13-21-9-14-23(15-10-21)20(2)3/h9-12,14-17,20,25-26H,4-8,13,18-19H2,1-3H3,(H,30,33)/t26-/m1/s1. The van der Waals surface area contributed by atoms with Gasteiger partial charge in [-0.05, 0) is 60.4 Å². The molecule has 5 heteroatoms. The number of halogens is 1. The topological polar surface area (TPSA) is 49.4 Å². The number of hydrogen-bond donors (Lipinski definition) is 1. The van der Waals surface area contributed by atoms with Gasteiger partial charge in [0.25, 0.3) is 0 Å². The van der Waals surface area contributed by atoms with Gasteiger partial charge in [0, 0.05) is 19.0 Å². The second-order valence-corrected chi connectivity index (χ2v) is 9.46. The molecule has 1 aliphatic carbocycles. The number of aryl methyl sites for hydroxylation is 1. The monoisotopic (exact) mass is 452 g/mol. The normalized spacial score (nSPS) is 14.9. The van der Waals surface area contributed by atoms with Crippen molar-refractivity contribution in [2.45, 2.75) is 90.3 Å². The first-order valence-electron chi connectivity index (χ1n) is 12.3. The van der Waals surface area contributed by atoms with Crippen molar-refractivity contribution in [2.75, 3.05) is 0 Å². The molecule has 0 saturated heterocycles. The molecule has 4 nitrogen and oxygen atoms in total. The van der Waals surface area contributed by atoms with Crippen molar-refractivity contribution < 1.29 is 14.0 Å². The van der Waals surface area contributed by atoms with Crippen LogP contribution in [0.15, 0.2) is 48.5 Å². The van der Waals surface area contributed by atoms with E-state index in [9.17, 15) is 14.0 Å². The molecule has 3 rings (SSSR count). The zero-order chi connectivity index (χ0) is 23.8. The summed E-state index contributed by atoms with van der Waals surface area (Å²) in [4.78, 5) is 28.2. The van der Waals surface area contributed by atoms with Crippen molar-refractivity contribution in [1.82, 2.24) is 10.2 Å². The van der Waals surface area contributed by atoms with Crippen LogP contribution < -0.4 is 5.32 Å². The van der Waals surface area contributed by atoms with Gasteiger partial charge in [-0.2, -0.15) is 0 Å². The van der Waals surface area contributed by atoms with Crippen LogP contribution >= 0.6 is 0 Å². The maximum atomic E-state index is 13.4. The summed E-state index contributed by atoms with van der Waals surface area (Å²) < 4.78 is 13.4. The van der Waals surface area contributed by atoms with Crippen LogP contribution in [0.1, 0.15) is 81.9 Å². The van der Waals surface area contributed by atoms with Crippen molar-refractivity contribution in [3.63, 3.8) is 0 Å². The summed E-state index contributed by atoms with van der Waals surface area (Å²) in [5.74, 6) is 0.0184. The van der Waals surface area contributed by atoms with E-state index in [4.69, 9.17) is 0 Å². The first kappa shape index (κ1) is 24.9. The molecule has 33 heavy (non-hydrogen) atoms. The lowest BCUT2D eigenvalue weighted by atomic mass is 10.00. The van der Waals surface area contributed by atoms with Crippen molar-refractivity contribution in [2.24, 2.45) is 0 Å². The fraction of sp³-hybridized carbons (Fsp3) is 0.500. The smallest absolute Gasteiger partial charge is 0.243 e. The van der Waals surface area contributed by atoms with Crippen molar-refractivity contribution in [3.05, 3.63) is 71.0 Å². The SMILES string of the molecule is CC[C@H](C(=O)NC1CCCC1)N(Cc1ccc(F)cc1)C(=O)CCc1ccc(C(C)C)cc1. The lowest BCUT2D eigenvalue weighted by molar-refractivity contribution is -0.141. The van der Waals surface area contributed by atoms with E-state index in [-0.39, 0.29) is 23.7 Å². The molecule has 1 saturated carbocycles. The molecular formula is C28H37FN2O2. The Morgan fingerprint density at radius 3 is 2.18 bits per heavy atom. The molecule has 0 spiro atoms. The van der Waals surface area contributed by atoms with Crippen LogP contribution in [0.3, 0.4) is 0 Å². The van der Waals surface area contributed by atoms with Crippen LogP contribution in [-0.2, 0) is 22.6 Å². The molecule has 2 aromatic carbocycles. The largest absolute Gasteiger partial charge is 0.352 e. The van der Waals surface area contributed by atoms with Gasteiger partial charge in [-0.3, -0.25) is 9.59 Å². The van der Waals surface area contributed by atoms with E-state index in [0.29, 0.717) is 31.7 Å². The maximum absolute atomic E-state index is 13.4. The number of carbonyl (C=O) groups is 2. The highest BCUT2D eigenvalue weighted by Crippen LogP contribution is 2.20. The van der Waals surface area contributed by atoms with E-state index in [2.05, 4.69) is 43.4 Å². The summed E-state index contributed by atoms with van der Waals surface area (Å²) >= 11 is 0. The lowest BCUT2D eigenvalue weighted by Crippen LogP contribution is -2.51. The summed E-state index contributed by atoms with van der Waals surface area (Å²) in [5, 5.41) is 3.16. The molecule has 0 aliphatic heterocycles. The van der Waals surface area contributed by atoms with E-state index in [1.54, 1.807) is 17.0 Å². The first-order valence-corrected chi connectivity index (χ1v) is 12.3. The fourth-order valence-electron chi connectivity index (χ4n) is 4.54. The van der Waals surface area contributed by atoms with Gasteiger partial charge in [-0.1, -0.05) is 70.0 Å². The van der Waals surface area contributed by atoms with Gasteiger partial charge in [0.05, 0.1) is 0 Å². The third kappa shape index (κ3) is 7.15. The Labute approximate surface area is 197 Å². The van der Waals surface area contributed by atoms with Gasteiger partial charge in [0.1, 0.15) is 11.9 Å². The molecule has 0 aromatic heterocycles. The minimum absolute atomic E-state index is 0.0549. The van der Waals surface area contributed by atoms with Crippen LogP contribution in [0.2, 0.25) is 0 Å². The summed E-state index contributed by atoms with van der Waals surface area (Å²) in [7, 11) is 0. The van der Waals surface area contributed by atoms with Gasteiger partial charge in [0.15, 0.2) is 0 Å². The molecule has 1 fully saturated rings. The molecule has 1 aliphatic rings. The highest BCUT2D eigenvalue weighted by molar-refractivity contribution is 5.88. The van der Waals surface area contributed by atoms with Crippen LogP contribution in [0.5, 0.6) is 0 Å². The Balaban J connectivity index is 1.73. The van der Waals surface area contributed by atoms with Crippen LogP contribution in [0, 0.1) is 5.82 Å². The zero-order valence-corrected chi connectivity index (χ0v) is 20.1. The second-order valence-electron chi connectivity index (χ2n) is 9.46. The van der Waals surface area contributed by atoms with Gasteiger partial charge >= 0.3 is 0 Å². The van der Waals surface area contributed by atoms with Crippen LogP contribution in [0.25, 0.3) is 0 Å². The van der Waals surface area contributed by atoms with Gasteiger partial charge in [-0.15, -0.1) is 0 Å². The number of amides is 2. The second kappa shape index (κ2) is 12.0. The quantitative estimate of drug-likeness (QED) is 0.499. The third-order valence-electron chi connectivity index (χ3n) is 6.63. The van der Waals surface area contributed by atoms with E-state index in [1.165, 1.54) is 17.7 Å². The van der Waals surface area contributed by atoms with E-state index in [1.807, 2.05) is 6.92 Å². The number of nitrogens with one attached hydrogen (secondary N) is 1. The average molecular weight is 453 g/mol. The number of rotatable bonds is 10. The van der Waals surface area contributed by atoms with Crippen molar-refractivity contribution in [3.8, 4) is 0 Å². The molecule has 1 N–H and O–H groups in total. The molecule has 2 amide bonds. The summed E-state index contributed by atoms with van der Waals surface area (Å²) in [6.45, 7) is 6.55.